The number of hydrogen-bond acceptors (Lipinski definition) is 8. The average molecular weight is 554 g/mol. The van der Waals surface area contributed by atoms with Crippen LogP contribution >= 0.6 is 34.5 Å². The molecule has 2 aliphatic rings. The third-order valence-corrected chi connectivity index (χ3v) is 8.67. The van der Waals surface area contributed by atoms with Crippen LogP contribution in [0.3, 0.4) is 0 Å². The van der Waals surface area contributed by atoms with Crippen LogP contribution in [0.5, 0.6) is 0 Å². The lowest BCUT2D eigenvalue weighted by Crippen LogP contribution is -2.36. The zero-order valence-electron chi connectivity index (χ0n) is 19.5. The van der Waals surface area contributed by atoms with Gasteiger partial charge in [-0.15, -0.1) is 11.3 Å². The first kappa shape index (κ1) is 24.3. The number of aromatic nitrogens is 4. The third-order valence-electron chi connectivity index (χ3n) is 7.29. The summed E-state index contributed by atoms with van der Waals surface area (Å²) in [6.07, 6.45) is -0.167. The predicted octanol–water partition coefficient (Wildman–Crippen LogP) is 4.08. The number of nitrogens with zero attached hydrogens (tertiary/aromatic N) is 4. The second-order valence-electron chi connectivity index (χ2n) is 9.39. The molecule has 8 nitrogen and oxygen atoms in total. The molecule has 1 aromatic carbocycles. The van der Waals surface area contributed by atoms with E-state index in [0.717, 1.165) is 10.4 Å². The maximum absolute atomic E-state index is 12.4. The van der Waals surface area contributed by atoms with Crippen LogP contribution in [-0.2, 0) is 11.3 Å². The lowest BCUT2D eigenvalue weighted by molar-refractivity contribution is -0.128. The van der Waals surface area contributed by atoms with Crippen LogP contribution < -0.4 is 5.32 Å². The van der Waals surface area contributed by atoms with Crippen LogP contribution in [0, 0.1) is 23.2 Å². The van der Waals surface area contributed by atoms with Crippen molar-refractivity contribution in [3.63, 3.8) is 0 Å². The molecule has 2 saturated carbocycles. The van der Waals surface area contributed by atoms with Gasteiger partial charge in [-0.25, -0.2) is 15.0 Å². The van der Waals surface area contributed by atoms with Crippen LogP contribution in [0.25, 0.3) is 11.2 Å². The molecule has 3 N–H and O–H groups in total. The first-order chi connectivity index (χ1) is 17.8. The van der Waals surface area contributed by atoms with E-state index in [9.17, 15) is 15.0 Å². The number of carbonyl (C=O) groups excluding carboxylic acids is 1. The minimum atomic E-state index is -1.14. The van der Waals surface area contributed by atoms with Gasteiger partial charge in [0.2, 0.25) is 5.82 Å². The zero-order chi connectivity index (χ0) is 25.9. The van der Waals surface area contributed by atoms with Crippen LogP contribution in [0.1, 0.15) is 35.7 Å². The second kappa shape index (κ2) is 9.08. The minimum absolute atomic E-state index is 0.115. The van der Waals surface area contributed by atoms with E-state index in [4.69, 9.17) is 23.2 Å². The Hall–Kier alpha value is -3.00. The van der Waals surface area contributed by atoms with E-state index >= 15 is 0 Å². The molecule has 3 heterocycles. The lowest BCUT2D eigenvalue weighted by atomic mass is 9.95. The number of Topliss-reactive ketones (excluding diaryl/α,β-unsaturated/α-hetero) is 1. The van der Waals surface area contributed by atoms with Crippen molar-refractivity contribution in [2.24, 2.45) is 11.3 Å². The third kappa shape index (κ3) is 4.10. The summed E-state index contributed by atoms with van der Waals surface area (Å²) >= 11 is 13.5. The highest BCUT2D eigenvalue weighted by Gasteiger charge is 2.74. The number of halogens is 2. The number of hydrogen-bond donors (Lipinski definition) is 3. The Morgan fingerprint density at radius 2 is 2.08 bits per heavy atom. The number of aliphatic hydroxyl groups excluding tert-OH is 2. The first-order valence-electron chi connectivity index (χ1n) is 11.7. The van der Waals surface area contributed by atoms with Crippen molar-refractivity contribution in [2.75, 3.05) is 5.32 Å². The van der Waals surface area contributed by atoms with Crippen molar-refractivity contribution in [1.29, 1.82) is 0 Å². The van der Waals surface area contributed by atoms with Crippen LogP contribution in [0.15, 0.2) is 42.7 Å². The largest absolute Gasteiger partial charge is 0.389 e. The van der Waals surface area contributed by atoms with Crippen LogP contribution in [0.2, 0.25) is 9.36 Å². The molecule has 0 radical (unpaired) electrons. The molecule has 0 bridgehead atoms. The number of aliphatic hydroxyl groups is 2. The molecule has 5 atom stereocenters. The molecular weight excluding hydrogens is 533 g/mol. The van der Waals surface area contributed by atoms with Gasteiger partial charge in [0.15, 0.2) is 17.0 Å². The molecule has 37 heavy (non-hydrogen) atoms. The number of anilines is 1. The summed E-state index contributed by atoms with van der Waals surface area (Å²) in [4.78, 5) is 26.9. The maximum Gasteiger partial charge on any atom is 0.209 e. The molecule has 2 aliphatic carbocycles. The zero-order valence-corrected chi connectivity index (χ0v) is 21.8. The Morgan fingerprint density at radius 3 is 2.78 bits per heavy atom. The number of benzene rings is 1. The Balaban J connectivity index is 1.42. The van der Waals surface area contributed by atoms with Crippen molar-refractivity contribution in [3.05, 3.63) is 68.3 Å². The number of fused-ring (bicyclic) bond motifs is 2. The van der Waals surface area contributed by atoms with E-state index in [0.29, 0.717) is 39.3 Å². The highest BCUT2D eigenvalue weighted by molar-refractivity contribution is 7.16. The maximum atomic E-state index is 12.4. The lowest BCUT2D eigenvalue weighted by Gasteiger charge is -2.23. The molecule has 11 heteroatoms. The average Bonchev–Trinajstić information content (AvgIpc) is 3.12. The Labute approximate surface area is 226 Å². The number of thiophene rings is 1. The minimum Gasteiger partial charge on any atom is -0.389 e. The number of nitrogens with one attached hydrogen (secondary N) is 1. The van der Waals surface area contributed by atoms with Crippen molar-refractivity contribution < 1.29 is 15.0 Å². The molecule has 0 aliphatic heterocycles. The Bertz CT molecular complexity index is 1610. The van der Waals surface area contributed by atoms with E-state index in [1.165, 1.54) is 18.3 Å². The predicted molar refractivity (Wildman–Crippen MR) is 142 cm³/mol. The normalized spacial score (nSPS) is 26.0. The van der Waals surface area contributed by atoms with Gasteiger partial charge in [0, 0.05) is 11.6 Å². The molecular formula is C26H21Cl2N5O3S. The summed E-state index contributed by atoms with van der Waals surface area (Å²) in [6, 6.07) is 10.5. The van der Waals surface area contributed by atoms with Gasteiger partial charge in [-0.05, 0) is 60.9 Å². The van der Waals surface area contributed by atoms with Crippen molar-refractivity contribution in [3.8, 4) is 11.8 Å². The summed E-state index contributed by atoms with van der Waals surface area (Å²) in [7, 11) is 0. The van der Waals surface area contributed by atoms with E-state index in [2.05, 4.69) is 32.1 Å². The van der Waals surface area contributed by atoms with E-state index in [1.807, 2.05) is 24.3 Å². The van der Waals surface area contributed by atoms with E-state index in [1.54, 1.807) is 23.0 Å². The summed E-state index contributed by atoms with van der Waals surface area (Å²) in [6.45, 7) is 1.91. The first-order valence-corrected chi connectivity index (χ1v) is 13.2. The summed E-state index contributed by atoms with van der Waals surface area (Å²) in [5, 5.41) is 25.6. The topological polar surface area (TPSA) is 113 Å². The number of ketones is 1. The van der Waals surface area contributed by atoms with E-state index < -0.39 is 23.7 Å². The van der Waals surface area contributed by atoms with Gasteiger partial charge in [-0.3, -0.25) is 4.79 Å². The van der Waals surface area contributed by atoms with Gasteiger partial charge in [0.25, 0.3) is 0 Å². The van der Waals surface area contributed by atoms with Crippen LogP contribution in [0.4, 0.5) is 5.82 Å². The number of rotatable bonds is 5. The molecule has 2 fully saturated rings. The number of carbonyl (C=O) groups is 1. The van der Waals surface area contributed by atoms with Crippen molar-refractivity contribution >= 4 is 57.3 Å². The van der Waals surface area contributed by atoms with E-state index in [-0.39, 0.29) is 17.5 Å². The van der Waals surface area contributed by atoms with Crippen LogP contribution in [-0.4, -0.2) is 47.7 Å². The SMILES string of the molecule is CC(=O)[C@@]12CC1[C@@H](n1cnc3c(NCc4cccc(Cl)c4)nc(C#Cc4ccc(Cl)s4)nc31)[C@H](O)C2O. The summed E-state index contributed by atoms with van der Waals surface area (Å²) in [5.41, 5.74) is 0.995. The quantitative estimate of drug-likeness (QED) is 0.319. The second-order valence-corrected chi connectivity index (χ2v) is 11.5. The Kier molecular flexibility index (Phi) is 5.97. The molecule has 188 valence electrons. The summed E-state index contributed by atoms with van der Waals surface area (Å²) < 4.78 is 2.38. The van der Waals surface area contributed by atoms with Gasteiger partial charge in [-0.1, -0.05) is 35.3 Å². The van der Waals surface area contributed by atoms with Gasteiger partial charge in [-0.2, -0.15) is 0 Å². The molecule has 0 spiro atoms. The van der Waals surface area contributed by atoms with Gasteiger partial charge in [0.1, 0.15) is 11.9 Å². The molecule has 0 saturated heterocycles. The molecule has 4 aromatic rings. The molecule has 0 amide bonds. The van der Waals surface area contributed by atoms with Gasteiger partial charge >= 0.3 is 0 Å². The fourth-order valence-corrected chi connectivity index (χ4v) is 6.53. The highest BCUT2D eigenvalue weighted by atomic mass is 35.5. The van der Waals surface area contributed by atoms with Gasteiger partial charge < -0.3 is 20.1 Å². The number of imidazole rings is 1. The molecule has 3 aromatic heterocycles. The van der Waals surface area contributed by atoms with Gasteiger partial charge in [0.05, 0.1) is 33.1 Å². The van der Waals surface area contributed by atoms with Crippen molar-refractivity contribution in [1.82, 2.24) is 19.5 Å². The fraction of sp³-hybridized carbons (Fsp3) is 0.308. The smallest absolute Gasteiger partial charge is 0.209 e. The van der Waals surface area contributed by atoms with Crippen molar-refractivity contribution in [2.45, 2.75) is 38.1 Å². The fourth-order valence-electron chi connectivity index (χ4n) is 5.42. The standard InChI is InChI=1S/C26H21Cl2N5O3S/c1-13(34)26-10-17(26)21(22(35)23(26)36)33-12-30-20-24(29-11-14-3-2-4-15(27)9-14)31-19(32-25(20)33)8-6-16-5-7-18(28)37-16/h2-5,7,9,12,17,21-23,35-36H,10-11H2,1H3,(H,29,31,32)/t17?,21-,22+,23?,26+/m1/s1. The summed E-state index contributed by atoms with van der Waals surface area (Å²) in [5.74, 6) is 6.45. The molecule has 6 rings (SSSR count). The monoisotopic (exact) mass is 553 g/mol. The highest BCUT2D eigenvalue weighted by Crippen LogP contribution is 2.68. The Morgan fingerprint density at radius 1 is 1.24 bits per heavy atom. The molecule has 2 unspecified atom stereocenters.